The van der Waals surface area contributed by atoms with Crippen LogP contribution in [0, 0.1) is 0 Å². The number of hydrogen-bond donors (Lipinski definition) is 1. The van der Waals surface area contributed by atoms with E-state index >= 15 is 0 Å². The highest BCUT2D eigenvalue weighted by molar-refractivity contribution is 5.75. The van der Waals surface area contributed by atoms with E-state index in [1.165, 1.54) is 0 Å². The van der Waals surface area contributed by atoms with Gasteiger partial charge >= 0.3 is 0 Å². The van der Waals surface area contributed by atoms with E-state index in [0.29, 0.717) is 39.2 Å². The number of aryl methyl sites for hydroxylation is 1. The van der Waals surface area contributed by atoms with E-state index in [2.05, 4.69) is 10.4 Å². The average molecular weight is 345 g/mol. The van der Waals surface area contributed by atoms with Crippen molar-refractivity contribution in [3.63, 3.8) is 0 Å². The minimum absolute atomic E-state index is 0.0621. The van der Waals surface area contributed by atoms with Crippen LogP contribution in [-0.4, -0.2) is 42.1 Å². The Hall–Kier alpha value is -2.34. The summed E-state index contributed by atoms with van der Waals surface area (Å²) in [5.74, 6) is 0.872. The summed E-state index contributed by atoms with van der Waals surface area (Å²) < 4.78 is 12.7. The SMILES string of the molecule is CCOCCCNC(=O)CCCOc1ccc(-c2cnn(C)c2)cc1. The van der Waals surface area contributed by atoms with Crippen LogP contribution in [0.4, 0.5) is 0 Å². The number of amides is 1. The fourth-order valence-corrected chi connectivity index (χ4v) is 2.37. The van der Waals surface area contributed by atoms with E-state index in [-0.39, 0.29) is 5.91 Å². The van der Waals surface area contributed by atoms with E-state index in [4.69, 9.17) is 9.47 Å². The molecule has 2 rings (SSSR count). The molecule has 0 aliphatic heterocycles. The summed E-state index contributed by atoms with van der Waals surface area (Å²) in [5.41, 5.74) is 2.18. The largest absolute Gasteiger partial charge is 0.494 e. The second-order valence-corrected chi connectivity index (χ2v) is 5.78. The van der Waals surface area contributed by atoms with Crippen LogP contribution < -0.4 is 10.1 Å². The van der Waals surface area contributed by atoms with E-state index in [1.54, 1.807) is 4.68 Å². The van der Waals surface area contributed by atoms with Crippen LogP contribution in [-0.2, 0) is 16.6 Å². The van der Waals surface area contributed by atoms with Gasteiger partial charge in [0, 0.05) is 45.0 Å². The Bertz CT molecular complexity index is 638. The van der Waals surface area contributed by atoms with E-state index in [1.807, 2.05) is 50.6 Å². The number of rotatable bonds is 11. The van der Waals surface area contributed by atoms with Gasteiger partial charge in [-0.25, -0.2) is 0 Å². The first-order chi connectivity index (χ1) is 12.2. The van der Waals surface area contributed by atoms with Crippen molar-refractivity contribution in [2.75, 3.05) is 26.4 Å². The molecule has 1 amide bonds. The lowest BCUT2D eigenvalue weighted by atomic mass is 10.1. The molecule has 0 spiro atoms. The van der Waals surface area contributed by atoms with Gasteiger partial charge in [-0.3, -0.25) is 9.48 Å². The van der Waals surface area contributed by atoms with Crippen LogP contribution in [0.5, 0.6) is 5.75 Å². The van der Waals surface area contributed by atoms with E-state index in [9.17, 15) is 4.79 Å². The Morgan fingerprint density at radius 2 is 1.96 bits per heavy atom. The van der Waals surface area contributed by atoms with Crippen molar-refractivity contribution >= 4 is 5.91 Å². The molecule has 0 aliphatic carbocycles. The summed E-state index contributed by atoms with van der Waals surface area (Å²) in [4.78, 5) is 11.7. The molecule has 0 unspecified atom stereocenters. The molecule has 0 atom stereocenters. The Labute approximate surface area is 149 Å². The molecule has 0 aliphatic rings. The maximum atomic E-state index is 11.7. The summed E-state index contributed by atoms with van der Waals surface area (Å²) in [6.45, 7) is 4.56. The molecule has 0 saturated carbocycles. The lowest BCUT2D eigenvalue weighted by molar-refractivity contribution is -0.121. The number of carbonyl (C=O) groups excluding carboxylic acids is 1. The fraction of sp³-hybridized carbons (Fsp3) is 0.474. The first-order valence-corrected chi connectivity index (χ1v) is 8.75. The van der Waals surface area contributed by atoms with Crippen molar-refractivity contribution in [2.24, 2.45) is 7.05 Å². The first kappa shape index (κ1) is 19.0. The Morgan fingerprint density at radius 3 is 2.64 bits per heavy atom. The maximum Gasteiger partial charge on any atom is 0.220 e. The fourth-order valence-electron chi connectivity index (χ4n) is 2.37. The minimum atomic E-state index is 0.0621. The molecule has 25 heavy (non-hydrogen) atoms. The van der Waals surface area contributed by atoms with Gasteiger partial charge in [-0.05, 0) is 37.5 Å². The number of hydrogen-bond acceptors (Lipinski definition) is 4. The quantitative estimate of drug-likeness (QED) is 0.636. The Morgan fingerprint density at radius 1 is 1.16 bits per heavy atom. The van der Waals surface area contributed by atoms with Crippen molar-refractivity contribution in [1.29, 1.82) is 0 Å². The lowest BCUT2D eigenvalue weighted by Gasteiger charge is -2.08. The highest BCUT2D eigenvalue weighted by Crippen LogP contribution is 2.21. The molecule has 0 fully saturated rings. The number of benzene rings is 1. The van der Waals surface area contributed by atoms with Crippen molar-refractivity contribution in [3.05, 3.63) is 36.7 Å². The molecule has 136 valence electrons. The molecule has 1 heterocycles. The zero-order valence-electron chi connectivity index (χ0n) is 15.0. The zero-order chi connectivity index (χ0) is 17.9. The number of nitrogens with zero attached hydrogens (tertiary/aromatic N) is 2. The van der Waals surface area contributed by atoms with Gasteiger partial charge in [0.1, 0.15) is 5.75 Å². The molecule has 0 radical (unpaired) electrons. The van der Waals surface area contributed by atoms with Gasteiger partial charge in [0.15, 0.2) is 0 Å². The predicted octanol–water partition coefficient (Wildman–Crippen LogP) is 2.79. The third-order valence-electron chi connectivity index (χ3n) is 3.70. The Balaban J connectivity index is 1.61. The van der Waals surface area contributed by atoms with Crippen LogP contribution in [0.15, 0.2) is 36.7 Å². The number of ether oxygens (including phenoxy) is 2. The summed E-state index contributed by atoms with van der Waals surface area (Å²) in [5, 5.41) is 7.05. The van der Waals surface area contributed by atoms with Gasteiger partial charge in [0.05, 0.1) is 12.8 Å². The van der Waals surface area contributed by atoms with Crippen LogP contribution in [0.25, 0.3) is 11.1 Å². The molecular weight excluding hydrogens is 318 g/mol. The summed E-state index contributed by atoms with van der Waals surface area (Å²) in [7, 11) is 1.90. The van der Waals surface area contributed by atoms with Crippen LogP contribution in [0.3, 0.4) is 0 Å². The van der Waals surface area contributed by atoms with Gasteiger partial charge in [0.25, 0.3) is 0 Å². The molecular formula is C19H27N3O3. The van der Waals surface area contributed by atoms with E-state index < -0.39 is 0 Å². The van der Waals surface area contributed by atoms with Gasteiger partial charge < -0.3 is 14.8 Å². The molecule has 1 N–H and O–H groups in total. The van der Waals surface area contributed by atoms with Gasteiger partial charge in [0.2, 0.25) is 5.91 Å². The molecule has 0 bridgehead atoms. The lowest BCUT2D eigenvalue weighted by Crippen LogP contribution is -2.25. The zero-order valence-corrected chi connectivity index (χ0v) is 15.0. The number of nitrogens with one attached hydrogen (secondary N) is 1. The van der Waals surface area contributed by atoms with E-state index in [0.717, 1.165) is 23.3 Å². The third-order valence-corrected chi connectivity index (χ3v) is 3.70. The number of carbonyl (C=O) groups is 1. The highest BCUT2D eigenvalue weighted by atomic mass is 16.5. The average Bonchev–Trinajstić information content (AvgIpc) is 3.05. The second kappa shape index (κ2) is 10.5. The monoisotopic (exact) mass is 345 g/mol. The van der Waals surface area contributed by atoms with Gasteiger partial charge in [-0.1, -0.05) is 12.1 Å². The van der Waals surface area contributed by atoms with Crippen molar-refractivity contribution in [3.8, 4) is 16.9 Å². The molecule has 0 saturated heterocycles. The van der Waals surface area contributed by atoms with Gasteiger partial charge in [-0.2, -0.15) is 5.10 Å². The van der Waals surface area contributed by atoms with Crippen LogP contribution >= 0.6 is 0 Å². The molecule has 2 aromatic rings. The Kier molecular flexibility index (Phi) is 7.98. The summed E-state index contributed by atoms with van der Waals surface area (Å²) in [6.07, 6.45) is 5.83. The van der Waals surface area contributed by atoms with Crippen molar-refractivity contribution in [1.82, 2.24) is 15.1 Å². The van der Waals surface area contributed by atoms with Gasteiger partial charge in [-0.15, -0.1) is 0 Å². The van der Waals surface area contributed by atoms with Crippen molar-refractivity contribution in [2.45, 2.75) is 26.2 Å². The standard InChI is InChI=1S/C19H27N3O3/c1-3-24-12-5-11-20-19(23)6-4-13-25-18-9-7-16(8-10-18)17-14-21-22(2)15-17/h7-10,14-15H,3-6,11-13H2,1-2H3,(H,20,23). The third kappa shape index (κ3) is 6.97. The van der Waals surface area contributed by atoms with Crippen LogP contribution in [0.1, 0.15) is 26.2 Å². The molecule has 1 aromatic heterocycles. The predicted molar refractivity (Wildman–Crippen MR) is 97.5 cm³/mol. The topological polar surface area (TPSA) is 65.4 Å². The summed E-state index contributed by atoms with van der Waals surface area (Å²) in [6, 6.07) is 7.90. The minimum Gasteiger partial charge on any atom is -0.494 e. The molecule has 1 aromatic carbocycles. The highest BCUT2D eigenvalue weighted by Gasteiger charge is 2.03. The smallest absolute Gasteiger partial charge is 0.220 e. The van der Waals surface area contributed by atoms with Crippen LogP contribution in [0.2, 0.25) is 0 Å². The first-order valence-electron chi connectivity index (χ1n) is 8.75. The number of aromatic nitrogens is 2. The normalized spacial score (nSPS) is 10.6. The second-order valence-electron chi connectivity index (χ2n) is 5.78. The molecule has 6 heteroatoms. The maximum absolute atomic E-state index is 11.7. The summed E-state index contributed by atoms with van der Waals surface area (Å²) >= 11 is 0. The molecule has 6 nitrogen and oxygen atoms in total. The van der Waals surface area contributed by atoms with Crippen molar-refractivity contribution < 1.29 is 14.3 Å².